The number of nitrogens with one attached hydrogen (secondary N) is 3. The molecule has 0 unspecified atom stereocenters. The Morgan fingerprint density at radius 2 is 2.06 bits per heavy atom. The van der Waals surface area contributed by atoms with Crippen LogP contribution in [0.1, 0.15) is 5.56 Å². The molecule has 4 nitrogen and oxygen atoms in total. The van der Waals surface area contributed by atoms with Crippen LogP contribution >= 0.6 is 12.2 Å². The fourth-order valence-corrected chi connectivity index (χ4v) is 1.73. The van der Waals surface area contributed by atoms with E-state index in [4.69, 9.17) is 12.2 Å². The summed E-state index contributed by atoms with van der Waals surface area (Å²) in [5.41, 5.74) is 3.50. The normalized spacial score (nSPS) is 10.7. The van der Waals surface area contributed by atoms with Crippen molar-refractivity contribution in [3.05, 3.63) is 42.0 Å². The zero-order valence-corrected chi connectivity index (χ0v) is 10.7. The average Bonchev–Trinajstić information content (AvgIpc) is 2.41. The number of benzene rings is 2. The molecule has 0 fully saturated rings. The Morgan fingerprint density at radius 3 is 2.83 bits per heavy atom. The predicted octanol–water partition coefficient (Wildman–Crippen LogP) is 0.0538. The lowest BCUT2D eigenvalue weighted by atomic mass is 10.0. The van der Waals surface area contributed by atoms with Gasteiger partial charge in [0.25, 0.3) is 0 Å². The molecule has 0 saturated carbocycles. The lowest BCUT2D eigenvalue weighted by Crippen LogP contribution is -2.82. The lowest BCUT2D eigenvalue weighted by molar-refractivity contribution is -0.500. The van der Waals surface area contributed by atoms with Crippen LogP contribution in [0.15, 0.2) is 36.4 Å². The van der Waals surface area contributed by atoms with Crippen LogP contribution in [-0.4, -0.2) is 23.5 Å². The molecule has 0 aliphatic carbocycles. The largest absolute Gasteiger partial charge is 0.507 e. The Kier molecular flexibility index (Phi) is 3.74. The molecular formula is C13H14N3OS+. The van der Waals surface area contributed by atoms with Gasteiger partial charge in [0.05, 0.1) is 5.56 Å². The first-order chi connectivity index (χ1) is 8.72. The molecule has 0 atom stereocenters. The van der Waals surface area contributed by atoms with Gasteiger partial charge in [-0.05, 0) is 29.1 Å². The van der Waals surface area contributed by atoms with E-state index in [1.807, 2.05) is 30.3 Å². The Hall–Kier alpha value is -2.14. The van der Waals surface area contributed by atoms with E-state index in [0.29, 0.717) is 5.11 Å². The molecular weight excluding hydrogens is 246 g/mol. The number of phenolic OH excluding ortho intramolecular Hbond substituents is 1. The number of hydrogen-bond donors (Lipinski definition) is 4. The molecule has 2 aromatic rings. The van der Waals surface area contributed by atoms with Gasteiger partial charge in [0.2, 0.25) is 11.3 Å². The summed E-state index contributed by atoms with van der Waals surface area (Å²) in [6.07, 6.45) is 1.68. The van der Waals surface area contributed by atoms with Gasteiger partial charge in [-0.1, -0.05) is 30.3 Å². The van der Waals surface area contributed by atoms with Crippen LogP contribution in [0.5, 0.6) is 5.75 Å². The van der Waals surface area contributed by atoms with E-state index >= 15 is 0 Å². The standard InChI is InChI=1S/C13H13N3OS/c1-14-13(18)16-15-8-11-10-5-3-2-4-9(10)6-7-12(11)17/h2-8,17H,1H3,(H2,14,16,18)/p+1/b15-8+. The number of thiocarbonyl (C=S) groups is 1. The molecule has 0 saturated heterocycles. The maximum absolute atomic E-state index is 9.88. The summed E-state index contributed by atoms with van der Waals surface area (Å²) in [4.78, 5) is 0. The van der Waals surface area contributed by atoms with Crippen molar-refractivity contribution in [2.75, 3.05) is 7.05 Å². The van der Waals surface area contributed by atoms with Gasteiger partial charge in [-0.25, -0.2) is 0 Å². The quantitative estimate of drug-likeness (QED) is 0.350. The fourth-order valence-electron chi connectivity index (χ4n) is 1.67. The number of hydrazone groups is 1. The number of hydrogen-bond acceptors (Lipinski definition) is 2. The second kappa shape index (κ2) is 5.46. The van der Waals surface area contributed by atoms with E-state index in [-0.39, 0.29) is 5.75 Å². The summed E-state index contributed by atoms with van der Waals surface area (Å²) in [6.45, 7) is 0. The summed E-state index contributed by atoms with van der Waals surface area (Å²) < 4.78 is 0. The number of rotatable bonds is 2. The highest BCUT2D eigenvalue weighted by Gasteiger charge is 2.06. The summed E-state index contributed by atoms with van der Waals surface area (Å²) in [5.74, 6) is 0.221. The van der Waals surface area contributed by atoms with Crippen LogP contribution < -0.4 is 15.8 Å². The highest BCUT2D eigenvalue weighted by molar-refractivity contribution is 7.80. The van der Waals surface area contributed by atoms with Crippen LogP contribution in [0.2, 0.25) is 0 Å². The lowest BCUT2D eigenvalue weighted by Gasteiger charge is -2.02. The van der Waals surface area contributed by atoms with Crippen LogP contribution in [0, 0.1) is 0 Å². The van der Waals surface area contributed by atoms with Gasteiger partial charge in [0.15, 0.2) is 0 Å². The molecule has 0 aromatic heterocycles. The van der Waals surface area contributed by atoms with Crippen molar-refractivity contribution in [1.82, 2.24) is 10.7 Å². The first kappa shape index (κ1) is 12.3. The molecule has 0 bridgehead atoms. The number of fused-ring (bicyclic) bond motifs is 1. The molecule has 0 aliphatic rings. The van der Waals surface area contributed by atoms with Crippen molar-refractivity contribution in [3.63, 3.8) is 0 Å². The predicted molar refractivity (Wildman–Crippen MR) is 76.5 cm³/mol. The third-order valence-electron chi connectivity index (χ3n) is 2.58. The van der Waals surface area contributed by atoms with Gasteiger partial charge in [-0.2, -0.15) is 0 Å². The van der Waals surface area contributed by atoms with E-state index in [2.05, 4.69) is 15.8 Å². The van der Waals surface area contributed by atoms with Gasteiger partial charge in [0, 0.05) is 7.05 Å². The third-order valence-corrected chi connectivity index (χ3v) is 2.88. The summed E-state index contributed by atoms with van der Waals surface area (Å²) in [6, 6.07) is 11.4. The molecule has 4 N–H and O–H groups in total. The SMILES string of the molecule is CNC(=S)N/[NH+]=C/c1c(O)ccc2ccccc12. The minimum absolute atomic E-state index is 0.221. The molecule has 5 heteroatoms. The second-order valence-corrected chi connectivity index (χ2v) is 4.12. The van der Waals surface area contributed by atoms with Gasteiger partial charge in [-0.3, -0.25) is 0 Å². The molecule has 0 spiro atoms. The zero-order chi connectivity index (χ0) is 13.0. The van der Waals surface area contributed by atoms with E-state index in [1.165, 1.54) is 0 Å². The van der Waals surface area contributed by atoms with Gasteiger partial charge < -0.3 is 10.4 Å². The first-order valence-corrected chi connectivity index (χ1v) is 5.90. The third kappa shape index (κ3) is 2.57. The first-order valence-electron chi connectivity index (χ1n) is 5.49. The van der Waals surface area contributed by atoms with Crippen LogP contribution in [0.25, 0.3) is 10.8 Å². The molecule has 0 amide bonds. The smallest absolute Gasteiger partial charge is 0.223 e. The summed E-state index contributed by atoms with van der Waals surface area (Å²) in [5, 5.41) is 18.0. The summed E-state index contributed by atoms with van der Waals surface area (Å²) in [7, 11) is 1.73. The highest BCUT2D eigenvalue weighted by atomic mass is 32.1. The molecule has 2 aromatic carbocycles. The van der Waals surface area contributed by atoms with E-state index in [1.54, 1.807) is 19.3 Å². The number of phenols is 1. The summed E-state index contributed by atoms with van der Waals surface area (Å²) >= 11 is 4.93. The number of hydrazine groups is 1. The Bertz CT molecular complexity index is 610. The maximum Gasteiger partial charge on any atom is 0.223 e. The topological polar surface area (TPSA) is 58.3 Å². The maximum atomic E-state index is 9.88. The van der Waals surface area contributed by atoms with Crippen molar-refractivity contribution in [2.45, 2.75) is 0 Å². The minimum Gasteiger partial charge on any atom is -0.507 e. The Balaban J connectivity index is 2.37. The molecule has 0 radical (unpaired) electrons. The average molecular weight is 260 g/mol. The number of aromatic hydroxyl groups is 1. The van der Waals surface area contributed by atoms with Crippen molar-refractivity contribution in [3.8, 4) is 5.75 Å². The van der Waals surface area contributed by atoms with Crippen molar-refractivity contribution in [1.29, 1.82) is 0 Å². The molecule has 18 heavy (non-hydrogen) atoms. The van der Waals surface area contributed by atoms with Gasteiger partial charge in [0.1, 0.15) is 5.75 Å². The highest BCUT2D eigenvalue weighted by Crippen LogP contribution is 2.24. The van der Waals surface area contributed by atoms with E-state index in [0.717, 1.165) is 16.3 Å². The monoisotopic (exact) mass is 260 g/mol. The molecule has 2 rings (SSSR count). The molecule has 0 heterocycles. The van der Waals surface area contributed by atoms with Crippen LogP contribution in [-0.2, 0) is 0 Å². The van der Waals surface area contributed by atoms with Gasteiger partial charge in [-0.15, -0.1) is 10.5 Å². The molecule has 0 aliphatic heterocycles. The van der Waals surface area contributed by atoms with E-state index < -0.39 is 0 Å². The Morgan fingerprint density at radius 1 is 1.28 bits per heavy atom. The Labute approximate surface area is 110 Å². The van der Waals surface area contributed by atoms with Crippen LogP contribution in [0.3, 0.4) is 0 Å². The second-order valence-electron chi connectivity index (χ2n) is 3.71. The van der Waals surface area contributed by atoms with Crippen LogP contribution in [0.4, 0.5) is 0 Å². The minimum atomic E-state index is 0.221. The van der Waals surface area contributed by atoms with E-state index in [9.17, 15) is 5.11 Å². The zero-order valence-electron chi connectivity index (χ0n) is 9.90. The molecule has 92 valence electrons. The fraction of sp³-hybridized carbons (Fsp3) is 0.0769. The van der Waals surface area contributed by atoms with Crippen molar-refractivity contribution < 1.29 is 10.2 Å². The van der Waals surface area contributed by atoms with Gasteiger partial charge >= 0.3 is 0 Å². The van der Waals surface area contributed by atoms with Crippen molar-refractivity contribution in [2.24, 2.45) is 0 Å². The van der Waals surface area contributed by atoms with Crippen molar-refractivity contribution >= 4 is 34.3 Å².